The molecule has 0 atom stereocenters. The molecular weight excluding hydrogens is 381 g/mol. The second-order valence-electron chi connectivity index (χ2n) is 4.12. The Hall–Kier alpha value is -0.620. The Morgan fingerprint density at radius 1 is 1.25 bits per heavy atom. The van der Waals surface area contributed by atoms with Crippen LogP contribution in [0.2, 0.25) is 5.02 Å². The summed E-state index contributed by atoms with van der Waals surface area (Å²) in [5.74, 6) is 0.364. The van der Waals surface area contributed by atoms with Crippen LogP contribution in [0.1, 0.15) is 5.56 Å². The first-order chi connectivity index (χ1) is 9.61. The van der Waals surface area contributed by atoms with Gasteiger partial charge in [-0.2, -0.15) is 0 Å². The van der Waals surface area contributed by atoms with Crippen molar-refractivity contribution in [1.29, 1.82) is 0 Å². The zero-order valence-corrected chi connectivity index (χ0v) is 14.0. The van der Waals surface area contributed by atoms with Crippen LogP contribution in [0.25, 0.3) is 10.2 Å². The number of rotatable bonds is 3. The molecule has 0 aliphatic carbocycles. The molecule has 0 amide bonds. The third-order valence-corrected chi connectivity index (χ3v) is 5.65. The van der Waals surface area contributed by atoms with Crippen LogP contribution in [-0.2, 0) is 5.75 Å². The summed E-state index contributed by atoms with van der Waals surface area (Å²) in [5, 5.41) is 0.679. The van der Waals surface area contributed by atoms with Crippen molar-refractivity contribution in [3.8, 4) is 0 Å². The summed E-state index contributed by atoms with van der Waals surface area (Å²) >= 11 is 12.3. The van der Waals surface area contributed by atoms with Gasteiger partial charge >= 0.3 is 0 Å². The van der Waals surface area contributed by atoms with Crippen molar-refractivity contribution in [2.45, 2.75) is 10.1 Å². The predicted molar refractivity (Wildman–Crippen MR) is 88.3 cm³/mol. The van der Waals surface area contributed by atoms with Gasteiger partial charge in [-0.05, 0) is 35.9 Å². The molecule has 0 saturated carbocycles. The summed E-state index contributed by atoms with van der Waals surface area (Å²) < 4.78 is 16.5. The normalized spacial score (nSPS) is 11.2. The highest BCUT2D eigenvalue weighted by atomic mass is 79.9. The van der Waals surface area contributed by atoms with E-state index in [9.17, 15) is 4.39 Å². The second-order valence-corrected chi connectivity index (χ2v) is 7.72. The van der Waals surface area contributed by atoms with Crippen molar-refractivity contribution in [3.63, 3.8) is 0 Å². The monoisotopic (exact) mass is 387 g/mol. The highest BCUT2D eigenvalue weighted by Crippen LogP contribution is 2.33. The van der Waals surface area contributed by atoms with Crippen LogP contribution in [0.15, 0.2) is 45.2 Å². The lowest BCUT2D eigenvalue weighted by molar-refractivity contribution is 0.616. The first-order valence-electron chi connectivity index (χ1n) is 5.74. The maximum Gasteiger partial charge on any atom is 0.151 e. The molecule has 1 nitrogen and oxygen atoms in total. The maximum absolute atomic E-state index is 13.7. The molecule has 102 valence electrons. The van der Waals surface area contributed by atoms with Gasteiger partial charge in [-0.25, -0.2) is 9.37 Å². The van der Waals surface area contributed by atoms with Gasteiger partial charge in [0.1, 0.15) is 5.82 Å². The number of hydrogen-bond acceptors (Lipinski definition) is 3. The van der Waals surface area contributed by atoms with Gasteiger partial charge in [0.15, 0.2) is 4.34 Å². The molecule has 0 aliphatic heterocycles. The molecule has 3 aromatic rings. The Morgan fingerprint density at radius 2 is 2.10 bits per heavy atom. The molecule has 0 bridgehead atoms. The molecule has 1 heterocycles. The zero-order valence-electron chi connectivity index (χ0n) is 10.1. The molecule has 0 spiro atoms. The van der Waals surface area contributed by atoms with E-state index in [4.69, 9.17) is 11.6 Å². The van der Waals surface area contributed by atoms with E-state index >= 15 is 0 Å². The van der Waals surface area contributed by atoms with Crippen molar-refractivity contribution in [2.24, 2.45) is 0 Å². The SMILES string of the molecule is Fc1cc(Br)ccc1CSc1nc2cc(Cl)ccc2s1. The van der Waals surface area contributed by atoms with E-state index in [0.29, 0.717) is 16.3 Å². The Labute approximate surface area is 137 Å². The molecule has 20 heavy (non-hydrogen) atoms. The zero-order chi connectivity index (χ0) is 14.1. The Balaban J connectivity index is 1.79. The number of thiazole rings is 1. The van der Waals surface area contributed by atoms with E-state index in [-0.39, 0.29) is 5.82 Å². The third kappa shape index (κ3) is 3.17. The lowest BCUT2D eigenvalue weighted by Gasteiger charge is -2.01. The summed E-state index contributed by atoms with van der Waals surface area (Å²) in [4.78, 5) is 4.50. The minimum Gasteiger partial charge on any atom is -0.230 e. The highest BCUT2D eigenvalue weighted by molar-refractivity contribution is 9.10. The van der Waals surface area contributed by atoms with Crippen LogP contribution >= 0.6 is 50.6 Å². The lowest BCUT2D eigenvalue weighted by Crippen LogP contribution is -1.87. The van der Waals surface area contributed by atoms with Crippen molar-refractivity contribution in [2.75, 3.05) is 0 Å². The van der Waals surface area contributed by atoms with Crippen LogP contribution in [-0.4, -0.2) is 4.98 Å². The van der Waals surface area contributed by atoms with Crippen LogP contribution < -0.4 is 0 Å². The minimum atomic E-state index is -0.198. The molecule has 2 aromatic carbocycles. The van der Waals surface area contributed by atoms with Crippen LogP contribution in [0.3, 0.4) is 0 Å². The molecule has 6 heteroatoms. The first-order valence-corrected chi connectivity index (χ1v) is 8.72. The topological polar surface area (TPSA) is 12.9 Å². The summed E-state index contributed by atoms with van der Waals surface area (Å²) in [5.41, 5.74) is 1.57. The van der Waals surface area contributed by atoms with Crippen LogP contribution in [0, 0.1) is 5.82 Å². The number of aromatic nitrogens is 1. The van der Waals surface area contributed by atoms with E-state index in [1.54, 1.807) is 17.4 Å². The summed E-state index contributed by atoms with van der Waals surface area (Å²) in [6.45, 7) is 0. The number of fused-ring (bicyclic) bond motifs is 1. The van der Waals surface area contributed by atoms with Crippen molar-refractivity contribution >= 4 is 60.8 Å². The Morgan fingerprint density at radius 3 is 2.90 bits per heavy atom. The fourth-order valence-corrected chi connectivity index (χ4v) is 4.25. The summed E-state index contributed by atoms with van der Waals surface area (Å²) in [7, 11) is 0. The quantitative estimate of drug-likeness (QED) is 0.500. The minimum absolute atomic E-state index is 0.198. The van der Waals surface area contributed by atoms with Gasteiger partial charge in [-0.1, -0.05) is 45.4 Å². The van der Waals surface area contributed by atoms with E-state index in [2.05, 4.69) is 20.9 Å². The molecule has 3 rings (SSSR count). The standard InChI is InChI=1S/C14H8BrClFNS2/c15-9-2-1-8(11(17)5-9)7-19-14-18-12-6-10(16)3-4-13(12)20-14/h1-6H,7H2. The van der Waals surface area contributed by atoms with Gasteiger partial charge < -0.3 is 0 Å². The number of halogens is 3. The van der Waals surface area contributed by atoms with E-state index in [1.807, 2.05) is 24.3 Å². The van der Waals surface area contributed by atoms with Crippen molar-refractivity contribution in [3.05, 3.63) is 57.3 Å². The van der Waals surface area contributed by atoms with Crippen molar-refractivity contribution < 1.29 is 4.39 Å². The Kier molecular flexibility index (Phi) is 4.31. The fourth-order valence-electron chi connectivity index (χ4n) is 1.72. The summed E-state index contributed by atoms with van der Waals surface area (Å²) in [6.07, 6.45) is 0. The van der Waals surface area contributed by atoms with Gasteiger partial charge in [-0.3, -0.25) is 0 Å². The van der Waals surface area contributed by atoms with Gasteiger partial charge in [0.25, 0.3) is 0 Å². The predicted octanol–water partition coefficient (Wildman–Crippen LogP) is 6.14. The fraction of sp³-hybridized carbons (Fsp3) is 0.0714. The average Bonchev–Trinajstić information content (AvgIpc) is 2.79. The van der Waals surface area contributed by atoms with E-state index in [1.165, 1.54) is 17.8 Å². The summed E-state index contributed by atoms with van der Waals surface area (Å²) in [6, 6.07) is 10.8. The average molecular weight is 389 g/mol. The molecule has 0 aliphatic rings. The van der Waals surface area contributed by atoms with Crippen LogP contribution in [0.5, 0.6) is 0 Å². The third-order valence-electron chi connectivity index (χ3n) is 2.70. The second kappa shape index (κ2) is 6.02. The largest absolute Gasteiger partial charge is 0.230 e. The molecule has 1 aromatic heterocycles. The van der Waals surface area contributed by atoms with E-state index in [0.717, 1.165) is 19.0 Å². The molecule has 0 unspecified atom stereocenters. The first kappa shape index (κ1) is 14.3. The van der Waals surface area contributed by atoms with Gasteiger partial charge in [0.2, 0.25) is 0 Å². The molecule has 0 fully saturated rings. The van der Waals surface area contributed by atoms with E-state index < -0.39 is 0 Å². The number of benzene rings is 2. The molecule has 0 radical (unpaired) electrons. The highest BCUT2D eigenvalue weighted by Gasteiger charge is 2.08. The van der Waals surface area contributed by atoms with Gasteiger partial charge in [-0.15, -0.1) is 11.3 Å². The van der Waals surface area contributed by atoms with Crippen LogP contribution in [0.4, 0.5) is 4.39 Å². The van der Waals surface area contributed by atoms with Crippen molar-refractivity contribution in [1.82, 2.24) is 4.98 Å². The molecule has 0 saturated heterocycles. The smallest absolute Gasteiger partial charge is 0.151 e. The number of nitrogens with zero attached hydrogens (tertiary/aromatic N) is 1. The number of hydrogen-bond donors (Lipinski definition) is 0. The lowest BCUT2D eigenvalue weighted by atomic mass is 10.2. The molecular formula is C14H8BrClFNS2. The Bertz CT molecular complexity index is 775. The molecule has 0 N–H and O–H groups in total. The number of thioether (sulfide) groups is 1. The van der Waals surface area contributed by atoms with Gasteiger partial charge in [0, 0.05) is 15.2 Å². The maximum atomic E-state index is 13.7. The van der Waals surface area contributed by atoms with Gasteiger partial charge in [0.05, 0.1) is 10.2 Å².